The third-order valence-electron chi connectivity index (χ3n) is 1.79. The van der Waals surface area contributed by atoms with Crippen LogP contribution in [0.2, 0.25) is 0 Å². The molecule has 5 heteroatoms. The maximum absolute atomic E-state index is 11.6. The van der Waals surface area contributed by atoms with Crippen LogP contribution >= 0.6 is 21.2 Å². The average molecular weight is 231 g/mol. The van der Waals surface area contributed by atoms with Gasteiger partial charge >= 0.3 is 0 Å². The Morgan fingerprint density at radius 3 is 3.07 bits per heavy atom. The lowest BCUT2D eigenvalue weighted by molar-refractivity contribution is 0.605. The molecular formula is C9H14NO2PS. The van der Waals surface area contributed by atoms with Crippen LogP contribution in [0.1, 0.15) is 6.92 Å². The van der Waals surface area contributed by atoms with Crippen molar-refractivity contribution in [3.05, 3.63) is 28.7 Å². The largest absolute Gasteiger partial charge is 0.475 e. The van der Waals surface area contributed by atoms with Crippen LogP contribution in [0.25, 0.3) is 0 Å². The maximum Gasteiger partial charge on any atom is 0.293 e. The van der Waals surface area contributed by atoms with Crippen molar-refractivity contribution in [3.63, 3.8) is 0 Å². The molecule has 1 aromatic rings. The average Bonchev–Trinajstić information content (AvgIpc) is 2.21. The molecule has 1 unspecified atom stereocenters. The molecule has 0 radical (unpaired) electrons. The Labute approximate surface area is 90.1 Å². The molecule has 0 aliphatic carbocycles. The monoisotopic (exact) mass is 231 g/mol. The Hall–Kier alpha value is -0.470. The van der Waals surface area contributed by atoms with Crippen LogP contribution in [0.15, 0.2) is 23.1 Å². The van der Waals surface area contributed by atoms with Gasteiger partial charge in [0.25, 0.3) is 5.56 Å². The molecule has 0 amide bonds. The second-order valence-electron chi connectivity index (χ2n) is 2.69. The van der Waals surface area contributed by atoms with E-state index < -0.39 is 0 Å². The molecule has 3 nitrogen and oxygen atoms in total. The van der Waals surface area contributed by atoms with Crippen molar-refractivity contribution >= 4 is 21.2 Å². The molecule has 14 heavy (non-hydrogen) atoms. The fourth-order valence-electron chi connectivity index (χ4n) is 1.09. The Balaban J connectivity index is 2.72. The molecule has 1 heterocycles. The van der Waals surface area contributed by atoms with E-state index in [-0.39, 0.29) is 5.56 Å². The molecule has 0 aliphatic heterocycles. The third kappa shape index (κ3) is 3.03. The van der Waals surface area contributed by atoms with Crippen LogP contribution in [-0.2, 0) is 6.54 Å². The third-order valence-corrected chi connectivity index (χ3v) is 2.93. The van der Waals surface area contributed by atoms with Gasteiger partial charge in [-0.3, -0.25) is 4.79 Å². The van der Waals surface area contributed by atoms with E-state index in [1.54, 1.807) is 16.8 Å². The van der Waals surface area contributed by atoms with E-state index >= 15 is 0 Å². The fraction of sp³-hybridized carbons (Fsp3) is 0.444. The molecule has 1 rings (SSSR count). The first kappa shape index (κ1) is 11.6. The van der Waals surface area contributed by atoms with E-state index in [4.69, 9.17) is 4.52 Å². The SMILES string of the molecule is CCSCCn1cccc(OP)c1=O. The molecule has 0 saturated heterocycles. The summed E-state index contributed by atoms with van der Waals surface area (Å²) >= 11 is 1.82. The number of rotatable bonds is 5. The predicted molar refractivity (Wildman–Crippen MR) is 64.0 cm³/mol. The van der Waals surface area contributed by atoms with Crippen LogP contribution in [-0.4, -0.2) is 16.1 Å². The molecule has 78 valence electrons. The van der Waals surface area contributed by atoms with E-state index in [0.29, 0.717) is 5.75 Å². The minimum atomic E-state index is -0.0702. The van der Waals surface area contributed by atoms with E-state index in [9.17, 15) is 4.79 Å². The van der Waals surface area contributed by atoms with Gasteiger partial charge in [-0.1, -0.05) is 6.92 Å². The van der Waals surface area contributed by atoms with E-state index in [0.717, 1.165) is 18.1 Å². The molecule has 0 aromatic carbocycles. The molecule has 0 N–H and O–H groups in total. The molecule has 0 spiro atoms. The van der Waals surface area contributed by atoms with E-state index in [2.05, 4.69) is 16.4 Å². The molecular weight excluding hydrogens is 217 g/mol. The summed E-state index contributed by atoms with van der Waals surface area (Å²) in [5, 5.41) is 0. The summed E-state index contributed by atoms with van der Waals surface area (Å²) in [6.45, 7) is 2.84. The summed E-state index contributed by atoms with van der Waals surface area (Å²) in [5.41, 5.74) is -0.0702. The van der Waals surface area contributed by atoms with Crippen LogP contribution in [0.3, 0.4) is 0 Å². The molecule has 1 atom stereocenters. The molecule has 1 aromatic heterocycles. The number of pyridine rings is 1. The standard InChI is InChI=1S/C9H14NO2PS/c1-2-14-7-6-10-5-3-4-8(12-13)9(10)11/h3-5H,2,6-7,13H2,1H3. The van der Waals surface area contributed by atoms with Crippen LogP contribution < -0.4 is 10.1 Å². The lowest BCUT2D eigenvalue weighted by Crippen LogP contribution is -2.20. The van der Waals surface area contributed by atoms with Crippen molar-refractivity contribution in [2.75, 3.05) is 11.5 Å². The topological polar surface area (TPSA) is 31.2 Å². The van der Waals surface area contributed by atoms with Gasteiger partial charge in [0.1, 0.15) is 0 Å². The summed E-state index contributed by atoms with van der Waals surface area (Å²) in [7, 11) is 2.09. The second-order valence-corrected chi connectivity index (χ2v) is 4.32. The zero-order valence-corrected chi connectivity index (χ0v) is 10.1. The smallest absolute Gasteiger partial charge is 0.293 e. The molecule has 0 saturated carbocycles. The lowest BCUT2D eigenvalue weighted by Gasteiger charge is -2.06. The van der Waals surface area contributed by atoms with Crippen molar-refractivity contribution in [2.45, 2.75) is 13.5 Å². The minimum absolute atomic E-state index is 0.0702. The first-order chi connectivity index (χ1) is 6.79. The predicted octanol–water partition coefficient (Wildman–Crippen LogP) is 1.77. The van der Waals surface area contributed by atoms with Gasteiger partial charge in [0.05, 0.1) is 9.47 Å². The van der Waals surface area contributed by atoms with Gasteiger partial charge < -0.3 is 9.09 Å². The van der Waals surface area contributed by atoms with Gasteiger partial charge in [-0.05, 0) is 17.9 Å². The van der Waals surface area contributed by atoms with Gasteiger partial charge in [0.2, 0.25) is 0 Å². The Kier molecular flexibility index (Phi) is 5.05. The first-order valence-electron chi connectivity index (χ1n) is 4.43. The zero-order valence-electron chi connectivity index (χ0n) is 8.10. The number of hydrogen-bond donors (Lipinski definition) is 0. The summed E-state index contributed by atoms with van der Waals surface area (Å²) in [5.74, 6) is 2.41. The normalized spacial score (nSPS) is 10.1. The van der Waals surface area contributed by atoms with E-state index in [1.807, 2.05) is 17.8 Å². The zero-order chi connectivity index (χ0) is 10.4. The van der Waals surface area contributed by atoms with Crippen LogP contribution in [0.4, 0.5) is 0 Å². The highest BCUT2D eigenvalue weighted by Gasteiger charge is 2.01. The number of thioether (sulfide) groups is 1. The molecule has 0 fully saturated rings. The van der Waals surface area contributed by atoms with Gasteiger partial charge in [-0.15, -0.1) is 0 Å². The number of hydrogen-bond acceptors (Lipinski definition) is 3. The summed E-state index contributed by atoms with van der Waals surface area (Å²) < 4.78 is 6.54. The quantitative estimate of drug-likeness (QED) is 0.571. The van der Waals surface area contributed by atoms with Crippen molar-refractivity contribution in [1.29, 1.82) is 0 Å². The van der Waals surface area contributed by atoms with Gasteiger partial charge in [0, 0.05) is 18.5 Å². The van der Waals surface area contributed by atoms with E-state index in [1.165, 1.54) is 0 Å². The van der Waals surface area contributed by atoms with Crippen molar-refractivity contribution in [2.24, 2.45) is 0 Å². The van der Waals surface area contributed by atoms with Gasteiger partial charge in [0.15, 0.2) is 5.75 Å². The maximum atomic E-state index is 11.6. The van der Waals surface area contributed by atoms with Crippen LogP contribution in [0.5, 0.6) is 5.75 Å². The summed E-state index contributed by atoms with van der Waals surface area (Å²) in [6.07, 6.45) is 1.78. The highest BCUT2D eigenvalue weighted by Crippen LogP contribution is 2.06. The number of aryl methyl sites for hydroxylation is 1. The minimum Gasteiger partial charge on any atom is -0.475 e. The van der Waals surface area contributed by atoms with Gasteiger partial charge in [-0.25, -0.2) is 0 Å². The highest BCUT2D eigenvalue weighted by molar-refractivity contribution is 7.99. The summed E-state index contributed by atoms with van der Waals surface area (Å²) in [6, 6.07) is 3.48. The van der Waals surface area contributed by atoms with Gasteiger partial charge in [-0.2, -0.15) is 11.8 Å². The second kappa shape index (κ2) is 6.10. The lowest BCUT2D eigenvalue weighted by atomic mass is 10.4. The van der Waals surface area contributed by atoms with Crippen molar-refractivity contribution in [1.82, 2.24) is 4.57 Å². The van der Waals surface area contributed by atoms with Crippen LogP contribution in [0, 0.1) is 0 Å². The van der Waals surface area contributed by atoms with Crippen molar-refractivity contribution in [3.8, 4) is 5.75 Å². The molecule has 0 bridgehead atoms. The Morgan fingerprint density at radius 1 is 1.64 bits per heavy atom. The Morgan fingerprint density at radius 2 is 2.43 bits per heavy atom. The number of nitrogens with zero attached hydrogens (tertiary/aromatic N) is 1. The number of aromatic nitrogens is 1. The summed E-state index contributed by atoms with van der Waals surface area (Å²) in [4.78, 5) is 11.6. The first-order valence-corrected chi connectivity index (χ1v) is 6.06. The Bertz CT molecular complexity index is 340. The van der Waals surface area contributed by atoms with Crippen molar-refractivity contribution < 1.29 is 4.52 Å². The fourth-order valence-corrected chi connectivity index (χ4v) is 1.88. The highest BCUT2D eigenvalue weighted by atomic mass is 32.2. The molecule has 0 aliphatic rings.